The largest absolute Gasteiger partial charge is 0.396 e. The van der Waals surface area contributed by atoms with Crippen molar-refractivity contribution in [3.05, 3.63) is 58.4 Å². The number of aromatic nitrogens is 3. The molecular weight excluding hydrogens is 332 g/mol. The van der Waals surface area contributed by atoms with E-state index in [0.717, 1.165) is 16.5 Å². The fourth-order valence-electron chi connectivity index (χ4n) is 3.08. The van der Waals surface area contributed by atoms with Gasteiger partial charge in [-0.25, -0.2) is 10.5 Å². The van der Waals surface area contributed by atoms with Crippen LogP contribution in [0.25, 0.3) is 33.3 Å². The second-order valence-corrected chi connectivity index (χ2v) is 5.93. The lowest BCUT2D eigenvalue weighted by atomic mass is 10.1. The van der Waals surface area contributed by atoms with E-state index in [1.54, 1.807) is 0 Å². The number of H-pyrrole nitrogens is 2. The highest BCUT2D eigenvalue weighted by molar-refractivity contribution is 6.06. The summed E-state index contributed by atoms with van der Waals surface area (Å²) in [6.45, 7) is 0. The summed E-state index contributed by atoms with van der Waals surface area (Å²) < 4.78 is 0. The summed E-state index contributed by atoms with van der Waals surface area (Å²) >= 11 is 0. The number of aromatic amines is 2. The van der Waals surface area contributed by atoms with E-state index in [4.69, 9.17) is 5.73 Å². The van der Waals surface area contributed by atoms with E-state index in [1.807, 2.05) is 42.5 Å². The number of para-hydroxylation sites is 2. The Labute approximate surface area is 146 Å². The van der Waals surface area contributed by atoms with Crippen molar-refractivity contribution in [1.29, 1.82) is 0 Å². The van der Waals surface area contributed by atoms with Gasteiger partial charge in [0.2, 0.25) is 0 Å². The summed E-state index contributed by atoms with van der Waals surface area (Å²) in [5, 5.41) is 4.88. The maximum Gasteiger partial charge on any atom is 0.276 e. The van der Waals surface area contributed by atoms with Gasteiger partial charge in [0.25, 0.3) is 5.56 Å². The standard InChI is InChI=1S/C17H14N8O/c18-13-9-7-8(16-22-24-25-23-16)5-6-10(9)19-14(13)15-17(26)21-12-4-2-1-3-11(12)20-15/h1-7,19,24-25H,18H2,(H,21,26)(H,22,23). The van der Waals surface area contributed by atoms with Gasteiger partial charge in [0.15, 0.2) is 11.5 Å². The molecule has 4 aromatic rings. The maximum atomic E-state index is 12.5. The number of hydrogen-bond donors (Lipinski definition) is 6. The van der Waals surface area contributed by atoms with Crippen molar-refractivity contribution in [2.24, 2.45) is 5.10 Å². The summed E-state index contributed by atoms with van der Waals surface area (Å²) in [7, 11) is 0. The first-order valence-corrected chi connectivity index (χ1v) is 7.95. The van der Waals surface area contributed by atoms with Crippen LogP contribution in [0, 0.1) is 0 Å². The molecule has 0 saturated heterocycles. The molecule has 9 heteroatoms. The van der Waals surface area contributed by atoms with Crippen LogP contribution in [-0.2, 0) is 0 Å². The van der Waals surface area contributed by atoms with Gasteiger partial charge in [0.1, 0.15) is 0 Å². The lowest BCUT2D eigenvalue weighted by Crippen LogP contribution is -2.35. The molecule has 0 radical (unpaired) electrons. The summed E-state index contributed by atoms with van der Waals surface area (Å²) in [4.78, 5) is 23.0. The number of hydrogen-bond acceptors (Lipinski definition) is 7. The number of hydrazone groups is 1. The number of nitrogens with two attached hydrogens (primary N) is 1. The minimum absolute atomic E-state index is 0.263. The number of hydrazine groups is 2. The Kier molecular flexibility index (Phi) is 2.97. The first-order chi connectivity index (χ1) is 12.7. The van der Waals surface area contributed by atoms with E-state index in [-0.39, 0.29) is 11.3 Å². The second kappa shape index (κ2) is 5.33. The third-order valence-electron chi connectivity index (χ3n) is 4.35. The first kappa shape index (κ1) is 14.5. The lowest BCUT2D eigenvalue weighted by Gasteiger charge is -2.02. The zero-order valence-electron chi connectivity index (χ0n) is 13.4. The molecule has 5 rings (SSSR count). The van der Waals surface area contributed by atoms with Gasteiger partial charge in [0.05, 0.1) is 22.4 Å². The van der Waals surface area contributed by atoms with Crippen LogP contribution in [0.1, 0.15) is 5.56 Å². The number of nitrogen functional groups attached to an aromatic ring is 1. The Morgan fingerprint density at radius 3 is 2.73 bits per heavy atom. The van der Waals surface area contributed by atoms with Gasteiger partial charge in [0, 0.05) is 16.5 Å². The van der Waals surface area contributed by atoms with E-state index in [9.17, 15) is 4.79 Å². The molecule has 0 unspecified atom stereocenters. The Morgan fingerprint density at radius 2 is 1.88 bits per heavy atom. The Balaban J connectivity index is 1.71. The van der Waals surface area contributed by atoms with Gasteiger partial charge >= 0.3 is 0 Å². The fourth-order valence-corrected chi connectivity index (χ4v) is 3.08. The molecule has 0 aliphatic carbocycles. The van der Waals surface area contributed by atoms with E-state index in [1.165, 1.54) is 0 Å². The van der Waals surface area contributed by atoms with Crippen molar-refractivity contribution >= 4 is 33.5 Å². The summed E-state index contributed by atoms with van der Waals surface area (Å²) in [5.41, 5.74) is 18.5. The Bertz CT molecular complexity index is 1250. The molecule has 9 nitrogen and oxygen atoms in total. The molecule has 128 valence electrons. The van der Waals surface area contributed by atoms with E-state index in [0.29, 0.717) is 28.3 Å². The average molecular weight is 346 g/mol. The van der Waals surface area contributed by atoms with Gasteiger partial charge in [-0.15, -0.1) is 10.6 Å². The van der Waals surface area contributed by atoms with Gasteiger partial charge in [-0.2, -0.15) is 0 Å². The van der Waals surface area contributed by atoms with Crippen LogP contribution in [0.5, 0.6) is 0 Å². The topological polar surface area (TPSA) is 136 Å². The van der Waals surface area contributed by atoms with Crippen LogP contribution in [0.4, 0.5) is 5.69 Å². The SMILES string of the molecule is Nc1c(-c2nc3ccccc3[nH]c2=O)[nH]c2ccc(C3=NNNN3)cc12. The Morgan fingerprint density at radius 1 is 1.00 bits per heavy atom. The maximum absolute atomic E-state index is 12.5. The van der Waals surface area contributed by atoms with Gasteiger partial charge < -0.3 is 15.7 Å². The molecule has 0 bridgehead atoms. The van der Waals surface area contributed by atoms with Crippen molar-refractivity contribution in [3.8, 4) is 11.4 Å². The van der Waals surface area contributed by atoms with Gasteiger partial charge in [-0.3, -0.25) is 10.2 Å². The highest BCUT2D eigenvalue weighted by Crippen LogP contribution is 2.31. The number of nitrogens with zero attached hydrogens (tertiary/aromatic N) is 2. The number of nitrogens with one attached hydrogen (secondary N) is 5. The molecule has 0 amide bonds. The highest BCUT2D eigenvalue weighted by atomic mass is 16.1. The smallest absolute Gasteiger partial charge is 0.276 e. The highest BCUT2D eigenvalue weighted by Gasteiger charge is 2.17. The summed E-state index contributed by atoms with van der Waals surface area (Å²) in [6.07, 6.45) is 0. The zero-order valence-corrected chi connectivity index (χ0v) is 13.4. The predicted octanol–water partition coefficient (Wildman–Crippen LogP) is 0.928. The van der Waals surface area contributed by atoms with Crippen LogP contribution < -0.4 is 27.8 Å². The number of amidine groups is 1. The third-order valence-corrected chi connectivity index (χ3v) is 4.35. The summed E-state index contributed by atoms with van der Waals surface area (Å²) in [5.74, 6) is 0.649. The zero-order chi connectivity index (χ0) is 17.7. The third kappa shape index (κ3) is 2.11. The molecule has 2 aromatic carbocycles. The molecule has 0 fully saturated rings. The van der Waals surface area contributed by atoms with Crippen molar-refractivity contribution < 1.29 is 0 Å². The number of fused-ring (bicyclic) bond motifs is 2. The summed E-state index contributed by atoms with van der Waals surface area (Å²) in [6, 6.07) is 13.1. The van der Waals surface area contributed by atoms with Gasteiger partial charge in [-0.05, 0) is 30.3 Å². The molecule has 0 saturated carbocycles. The van der Waals surface area contributed by atoms with Gasteiger partial charge in [-0.1, -0.05) is 12.1 Å². The lowest BCUT2D eigenvalue weighted by molar-refractivity contribution is 0.577. The van der Waals surface area contributed by atoms with Crippen LogP contribution in [0.15, 0.2) is 52.4 Å². The molecule has 1 aliphatic rings. The quantitative estimate of drug-likeness (QED) is 0.319. The molecule has 0 atom stereocenters. The monoisotopic (exact) mass is 346 g/mol. The molecule has 26 heavy (non-hydrogen) atoms. The molecule has 3 heterocycles. The predicted molar refractivity (Wildman–Crippen MR) is 100 cm³/mol. The molecular formula is C17H14N8O. The van der Waals surface area contributed by atoms with E-state index >= 15 is 0 Å². The van der Waals surface area contributed by atoms with Crippen molar-refractivity contribution in [1.82, 2.24) is 31.4 Å². The number of rotatable bonds is 2. The number of anilines is 1. The molecule has 7 N–H and O–H groups in total. The number of benzene rings is 2. The second-order valence-electron chi connectivity index (χ2n) is 5.93. The van der Waals surface area contributed by atoms with Crippen molar-refractivity contribution in [2.75, 3.05) is 5.73 Å². The normalized spacial score (nSPS) is 13.6. The molecule has 2 aromatic heterocycles. The minimum Gasteiger partial charge on any atom is -0.396 e. The average Bonchev–Trinajstić information content (AvgIpc) is 3.30. The minimum atomic E-state index is -0.294. The van der Waals surface area contributed by atoms with E-state index in [2.05, 4.69) is 36.5 Å². The first-order valence-electron chi connectivity index (χ1n) is 7.95. The molecule has 0 spiro atoms. The van der Waals surface area contributed by atoms with Crippen molar-refractivity contribution in [3.63, 3.8) is 0 Å². The van der Waals surface area contributed by atoms with Crippen molar-refractivity contribution in [2.45, 2.75) is 0 Å². The van der Waals surface area contributed by atoms with Crippen LogP contribution in [0.2, 0.25) is 0 Å². The molecule has 1 aliphatic heterocycles. The van der Waals surface area contributed by atoms with E-state index < -0.39 is 0 Å². The van der Waals surface area contributed by atoms with Crippen LogP contribution in [0.3, 0.4) is 0 Å². The Hall–Kier alpha value is -3.85. The fraction of sp³-hybridized carbons (Fsp3) is 0. The van der Waals surface area contributed by atoms with Crippen LogP contribution in [-0.4, -0.2) is 20.8 Å². The van der Waals surface area contributed by atoms with Crippen LogP contribution >= 0.6 is 0 Å².